The van der Waals surface area contributed by atoms with Crippen molar-refractivity contribution in [3.8, 4) is 0 Å². The smallest absolute Gasteiger partial charge is 0.226 e. The lowest BCUT2D eigenvalue weighted by Crippen LogP contribution is -2.30. The van der Waals surface area contributed by atoms with Crippen molar-refractivity contribution in [3.05, 3.63) is 47.5 Å². The zero-order valence-corrected chi connectivity index (χ0v) is 15.7. The van der Waals surface area contributed by atoms with E-state index in [2.05, 4.69) is 15.0 Å². The van der Waals surface area contributed by atoms with Crippen LogP contribution < -0.4 is 4.90 Å². The van der Waals surface area contributed by atoms with Gasteiger partial charge in [-0.1, -0.05) is 30.3 Å². The lowest BCUT2D eigenvalue weighted by atomic mass is 10.1. The molecule has 0 radical (unpaired) electrons. The molecule has 0 saturated carbocycles. The fraction of sp³-hybridized carbons (Fsp3) is 0.389. The van der Waals surface area contributed by atoms with Crippen LogP contribution in [0.3, 0.4) is 0 Å². The van der Waals surface area contributed by atoms with Gasteiger partial charge in [-0.2, -0.15) is 9.97 Å². The molecule has 1 aliphatic heterocycles. The minimum absolute atomic E-state index is 0.0168. The van der Waals surface area contributed by atoms with Crippen molar-refractivity contribution in [1.29, 1.82) is 0 Å². The fourth-order valence-electron chi connectivity index (χ4n) is 3.34. The summed E-state index contributed by atoms with van der Waals surface area (Å²) in [5.74, 6) is 0.491. The van der Waals surface area contributed by atoms with Crippen molar-refractivity contribution in [2.24, 2.45) is 0 Å². The summed E-state index contributed by atoms with van der Waals surface area (Å²) in [6.07, 6.45) is -4.00. The van der Waals surface area contributed by atoms with Crippen LogP contribution in [0.5, 0.6) is 0 Å². The number of halogens is 2. The second-order valence-electron chi connectivity index (χ2n) is 6.66. The Kier molecular flexibility index (Phi) is 5.15. The minimum Gasteiger partial charge on any atom is -0.394 e. The molecule has 148 valence electrons. The number of hydrogen-bond acceptors (Lipinski definition) is 7. The van der Waals surface area contributed by atoms with E-state index in [1.54, 1.807) is 0 Å². The van der Waals surface area contributed by atoms with Crippen LogP contribution >= 0.6 is 11.6 Å². The molecule has 0 unspecified atom stereocenters. The Morgan fingerprint density at radius 1 is 1.29 bits per heavy atom. The first kappa shape index (κ1) is 19.0. The standard InChI is InChI=1S/C18H19ClFN5O3/c1-24(7-10-5-3-2-4-6-10)15-13-16(23-18(19)22-15)25(9-21-13)17-12(20)14(27)11(8-26)28-17/h2-6,9,11-12,14,17,26-27H,7-8H2,1H3/t11-,12+,14-,17-/m1/s1. The molecule has 8 nitrogen and oxygen atoms in total. The van der Waals surface area contributed by atoms with Gasteiger partial charge in [0.05, 0.1) is 12.9 Å². The van der Waals surface area contributed by atoms with Crippen LogP contribution in [0.1, 0.15) is 11.8 Å². The van der Waals surface area contributed by atoms with E-state index in [0.29, 0.717) is 17.9 Å². The number of anilines is 1. The second kappa shape index (κ2) is 7.59. The molecule has 0 amide bonds. The van der Waals surface area contributed by atoms with E-state index in [-0.39, 0.29) is 10.9 Å². The summed E-state index contributed by atoms with van der Waals surface area (Å²) in [4.78, 5) is 14.7. The average Bonchev–Trinajstić information content (AvgIpc) is 3.23. The number of aromatic nitrogens is 4. The number of benzene rings is 1. The van der Waals surface area contributed by atoms with Gasteiger partial charge in [0.2, 0.25) is 5.28 Å². The van der Waals surface area contributed by atoms with Crippen LogP contribution in [0.15, 0.2) is 36.7 Å². The van der Waals surface area contributed by atoms with Crippen molar-refractivity contribution >= 4 is 28.6 Å². The van der Waals surface area contributed by atoms with E-state index in [1.165, 1.54) is 10.9 Å². The predicted octanol–water partition coefficient (Wildman–Crippen LogP) is 1.70. The van der Waals surface area contributed by atoms with Gasteiger partial charge in [-0.3, -0.25) is 4.57 Å². The highest BCUT2D eigenvalue weighted by molar-refractivity contribution is 6.28. The van der Waals surface area contributed by atoms with E-state index in [4.69, 9.17) is 16.3 Å². The SMILES string of the molecule is CN(Cc1ccccc1)c1nc(Cl)nc2c1ncn2[C@@H]1O[C@H](CO)[C@@H](O)[C@@H]1F. The Labute approximate surface area is 165 Å². The van der Waals surface area contributed by atoms with Gasteiger partial charge in [0.1, 0.15) is 12.2 Å². The average molecular weight is 408 g/mol. The molecular formula is C18H19ClFN5O3. The molecule has 0 bridgehead atoms. The number of hydrogen-bond donors (Lipinski definition) is 2. The van der Waals surface area contributed by atoms with Gasteiger partial charge in [0.15, 0.2) is 29.4 Å². The summed E-state index contributed by atoms with van der Waals surface area (Å²) in [6, 6.07) is 9.81. The highest BCUT2D eigenvalue weighted by atomic mass is 35.5. The van der Waals surface area contributed by atoms with Crippen LogP contribution in [0, 0.1) is 0 Å². The Balaban J connectivity index is 1.71. The first-order chi connectivity index (χ1) is 13.5. The van der Waals surface area contributed by atoms with Crippen LogP contribution in [0.4, 0.5) is 10.2 Å². The normalized spacial score (nSPS) is 24.8. The molecule has 4 rings (SSSR count). The van der Waals surface area contributed by atoms with Gasteiger partial charge in [0.25, 0.3) is 0 Å². The maximum atomic E-state index is 14.5. The Morgan fingerprint density at radius 2 is 2.04 bits per heavy atom. The number of alkyl halides is 1. The number of nitrogens with zero attached hydrogens (tertiary/aromatic N) is 5. The van der Waals surface area contributed by atoms with Gasteiger partial charge in [-0.15, -0.1) is 0 Å². The predicted molar refractivity (Wildman–Crippen MR) is 101 cm³/mol. The molecule has 3 aromatic rings. The van der Waals surface area contributed by atoms with Gasteiger partial charge in [-0.25, -0.2) is 9.37 Å². The van der Waals surface area contributed by atoms with Crippen LogP contribution in [-0.2, 0) is 11.3 Å². The maximum absolute atomic E-state index is 14.5. The third-order valence-corrected chi connectivity index (χ3v) is 4.92. The molecule has 0 aliphatic carbocycles. The highest BCUT2D eigenvalue weighted by Crippen LogP contribution is 2.35. The lowest BCUT2D eigenvalue weighted by Gasteiger charge is -2.19. The third-order valence-electron chi connectivity index (χ3n) is 4.75. The Morgan fingerprint density at radius 3 is 2.71 bits per heavy atom. The molecule has 3 heterocycles. The van der Waals surface area contributed by atoms with E-state index >= 15 is 0 Å². The van der Waals surface area contributed by atoms with Gasteiger partial charge < -0.3 is 19.8 Å². The summed E-state index contributed by atoms with van der Waals surface area (Å²) < 4.78 is 21.4. The lowest BCUT2D eigenvalue weighted by molar-refractivity contribution is -0.0459. The molecular weight excluding hydrogens is 389 g/mol. The molecule has 1 saturated heterocycles. The van der Waals surface area contributed by atoms with Crippen LogP contribution in [0.25, 0.3) is 11.2 Å². The minimum atomic E-state index is -1.74. The maximum Gasteiger partial charge on any atom is 0.226 e. The third kappa shape index (κ3) is 3.30. The quantitative estimate of drug-likeness (QED) is 0.621. The molecule has 2 N–H and O–H groups in total. The van der Waals surface area contributed by atoms with Crippen LogP contribution in [0.2, 0.25) is 5.28 Å². The Hall–Kier alpha value is -2.33. The van der Waals surface area contributed by atoms with Crippen molar-refractivity contribution in [3.63, 3.8) is 0 Å². The largest absolute Gasteiger partial charge is 0.394 e. The van der Waals surface area contributed by atoms with Crippen molar-refractivity contribution < 1.29 is 19.3 Å². The van der Waals surface area contributed by atoms with Crippen molar-refractivity contribution in [1.82, 2.24) is 19.5 Å². The molecule has 0 spiro atoms. The van der Waals surface area contributed by atoms with Crippen LogP contribution in [-0.4, -0.2) is 61.8 Å². The summed E-state index contributed by atoms with van der Waals surface area (Å²) in [7, 11) is 1.85. The second-order valence-corrected chi connectivity index (χ2v) is 7.00. The van der Waals surface area contributed by atoms with E-state index < -0.39 is 31.2 Å². The zero-order chi connectivity index (χ0) is 19.8. The zero-order valence-electron chi connectivity index (χ0n) is 15.0. The first-order valence-electron chi connectivity index (χ1n) is 8.73. The number of rotatable bonds is 5. The molecule has 1 aromatic carbocycles. The van der Waals surface area contributed by atoms with Crippen molar-refractivity contribution in [2.45, 2.75) is 31.2 Å². The summed E-state index contributed by atoms with van der Waals surface area (Å²) in [5, 5.41) is 19.1. The number of ether oxygens (including phenoxy) is 1. The molecule has 28 heavy (non-hydrogen) atoms. The number of imidazole rings is 1. The van der Waals surface area contributed by atoms with Gasteiger partial charge in [0, 0.05) is 13.6 Å². The number of aliphatic hydroxyl groups excluding tert-OH is 2. The molecule has 1 fully saturated rings. The summed E-state index contributed by atoms with van der Waals surface area (Å²) in [5.41, 5.74) is 1.79. The molecule has 1 aliphatic rings. The monoisotopic (exact) mass is 407 g/mol. The topological polar surface area (TPSA) is 96.5 Å². The Bertz CT molecular complexity index is 973. The fourth-order valence-corrected chi connectivity index (χ4v) is 3.50. The van der Waals surface area contributed by atoms with E-state index in [9.17, 15) is 14.6 Å². The van der Waals surface area contributed by atoms with Crippen molar-refractivity contribution in [2.75, 3.05) is 18.6 Å². The molecule has 10 heteroatoms. The molecule has 2 aromatic heterocycles. The summed E-state index contributed by atoms with van der Waals surface area (Å²) >= 11 is 6.11. The summed E-state index contributed by atoms with van der Waals surface area (Å²) in [6.45, 7) is 0.0681. The van der Waals surface area contributed by atoms with E-state index in [1.807, 2.05) is 42.3 Å². The number of fused-ring (bicyclic) bond motifs is 1. The van der Waals surface area contributed by atoms with E-state index in [0.717, 1.165) is 5.56 Å². The molecule has 4 atom stereocenters. The number of aliphatic hydroxyl groups is 2. The van der Waals surface area contributed by atoms with Gasteiger partial charge in [-0.05, 0) is 17.2 Å². The van der Waals surface area contributed by atoms with Gasteiger partial charge >= 0.3 is 0 Å². The highest BCUT2D eigenvalue weighted by Gasteiger charge is 2.45. The first-order valence-corrected chi connectivity index (χ1v) is 9.11.